The molecule has 0 aliphatic carbocycles. The van der Waals surface area contributed by atoms with Gasteiger partial charge in [-0.25, -0.2) is 12.8 Å². The van der Waals surface area contributed by atoms with Gasteiger partial charge in [0.25, 0.3) is 0 Å². The van der Waals surface area contributed by atoms with Gasteiger partial charge in [0.05, 0.1) is 12.8 Å². The van der Waals surface area contributed by atoms with Gasteiger partial charge in [-0.15, -0.1) is 0 Å². The number of benzene rings is 2. The highest BCUT2D eigenvalue weighted by Crippen LogP contribution is 2.12. The van der Waals surface area contributed by atoms with Gasteiger partial charge in [0.15, 0.2) is 0 Å². The molecule has 0 heterocycles. The highest BCUT2D eigenvalue weighted by atomic mass is 32.2. The lowest BCUT2D eigenvalue weighted by Gasteiger charge is -2.20. The van der Waals surface area contributed by atoms with Gasteiger partial charge in [-0.2, -0.15) is 4.31 Å². The van der Waals surface area contributed by atoms with Gasteiger partial charge >= 0.3 is 0 Å². The van der Waals surface area contributed by atoms with E-state index >= 15 is 0 Å². The molecule has 5 nitrogen and oxygen atoms in total. The number of carbonyl (C=O) groups excluding carboxylic acids is 1. The molecule has 0 spiro atoms. The Morgan fingerprint density at radius 2 is 1.69 bits per heavy atom. The number of hydrogen-bond donors (Lipinski definition) is 1. The van der Waals surface area contributed by atoms with Crippen molar-refractivity contribution in [2.75, 3.05) is 19.3 Å². The molecule has 0 unspecified atom stereocenters. The first kappa shape index (κ1) is 20.1. The number of amides is 1. The zero-order valence-corrected chi connectivity index (χ0v) is 15.7. The number of halogens is 1. The van der Waals surface area contributed by atoms with E-state index in [2.05, 4.69) is 5.32 Å². The fourth-order valence-corrected chi connectivity index (χ4v) is 3.25. The van der Waals surface area contributed by atoms with Crippen LogP contribution in [0.4, 0.5) is 4.39 Å². The summed E-state index contributed by atoms with van der Waals surface area (Å²) in [6.07, 6.45) is 1.42. The second-order valence-corrected chi connectivity index (χ2v) is 8.13. The number of rotatable bonds is 8. The van der Waals surface area contributed by atoms with Crippen molar-refractivity contribution in [2.24, 2.45) is 0 Å². The van der Waals surface area contributed by atoms with Crippen LogP contribution in [-0.4, -0.2) is 38.0 Å². The van der Waals surface area contributed by atoms with Crippen molar-refractivity contribution in [3.63, 3.8) is 0 Å². The number of hydrogen-bond acceptors (Lipinski definition) is 3. The van der Waals surface area contributed by atoms with E-state index in [4.69, 9.17) is 0 Å². The molecule has 0 aliphatic heterocycles. The Balaban J connectivity index is 1.94. The Bertz CT molecular complexity index is 869. The third-order valence-corrected chi connectivity index (χ3v) is 5.27. The molecular weight excluding hydrogens is 355 g/mol. The summed E-state index contributed by atoms with van der Waals surface area (Å²) in [6, 6.07) is 13.8. The summed E-state index contributed by atoms with van der Waals surface area (Å²) >= 11 is 0. The van der Waals surface area contributed by atoms with Crippen molar-refractivity contribution < 1.29 is 17.6 Å². The topological polar surface area (TPSA) is 66.5 Å². The summed E-state index contributed by atoms with van der Waals surface area (Å²) < 4.78 is 38.7. The van der Waals surface area contributed by atoms with Gasteiger partial charge < -0.3 is 5.32 Å². The minimum absolute atomic E-state index is 0.131. The maximum absolute atomic E-state index is 13.6. The molecular formula is C19H23FN2O3S. The van der Waals surface area contributed by atoms with E-state index in [-0.39, 0.29) is 25.5 Å². The molecule has 1 amide bonds. The van der Waals surface area contributed by atoms with Crippen molar-refractivity contribution in [1.29, 1.82) is 0 Å². The van der Waals surface area contributed by atoms with E-state index in [0.717, 1.165) is 21.7 Å². The Morgan fingerprint density at radius 3 is 2.31 bits per heavy atom. The number of nitrogens with one attached hydrogen (secondary N) is 1. The average molecular weight is 378 g/mol. The van der Waals surface area contributed by atoms with Crippen LogP contribution in [-0.2, 0) is 27.8 Å². The van der Waals surface area contributed by atoms with Gasteiger partial charge in [0, 0.05) is 13.1 Å². The fourth-order valence-electron chi connectivity index (χ4n) is 2.52. The first-order chi connectivity index (χ1) is 12.3. The molecule has 7 heteroatoms. The average Bonchev–Trinajstić information content (AvgIpc) is 2.57. The fraction of sp³-hybridized carbons (Fsp3) is 0.316. The molecule has 26 heavy (non-hydrogen) atoms. The number of nitrogens with zero attached hydrogens (tertiary/aromatic N) is 1. The Hall–Kier alpha value is -2.25. The second-order valence-electron chi connectivity index (χ2n) is 6.15. The molecule has 0 aliphatic rings. The SMILES string of the molecule is Cc1ccccc1CN(CC(=O)NCCc1ccccc1F)S(C)(=O)=O. The summed E-state index contributed by atoms with van der Waals surface area (Å²) in [4.78, 5) is 12.1. The van der Waals surface area contributed by atoms with Crippen LogP contribution in [0.1, 0.15) is 16.7 Å². The van der Waals surface area contributed by atoms with Crippen LogP contribution in [0.5, 0.6) is 0 Å². The van der Waals surface area contributed by atoms with Crippen molar-refractivity contribution in [2.45, 2.75) is 19.9 Å². The third-order valence-electron chi connectivity index (χ3n) is 4.07. The zero-order valence-electron chi connectivity index (χ0n) is 14.9. The lowest BCUT2D eigenvalue weighted by Crippen LogP contribution is -2.40. The molecule has 140 valence electrons. The number of sulfonamides is 1. The first-order valence-electron chi connectivity index (χ1n) is 8.27. The predicted octanol–water partition coefficient (Wildman–Crippen LogP) is 2.25. The third kappa shape index (κ3) is 5.93. The second kappa shape index (κ2) is 8.91. The zero-order chi connectivity index (χ0) is 19.2. The van der Waals surface area contributed by atoms with E-state index in [9.17, 15) is 17.6 Å². The molecule has 2 aromatic rings. The van der Waals surface area contributed by atoms with Crippen LogP contribution in [0.3, 0.4) is 0 Å². The highest BCUT2D eigenvalue weighted by Gasteiger charge is 2.21. The number of carbonyl (C=O) groups is 1. The summed E-state index contributed by atoms with van der Waals surface area (Å²) in [5.74, 6) is -0.737. The monoisotopic (exact) mass is 378 g/mol. The number of aryl methyl sites for hydroxylation is 1. The van der Waals surface area contributed by atoms with Crippen LogP contribution >= 0.6 is 0 Å². The molecule has 2 aromatic carbocycles. The van der Waals surface area contributed by atoms with E-state index in [0.29, 0.717) is 12.0 Å². The molecule has 0 saturated heterocycles. The van der Waals surface area contributed by atoms with Gasteiger partial charge in [-0.3, -0.25) is 4.79 Å². The summed E-state index contributed by atoms with van der Waals surface area (Å²) in [6.45, 7) is 1.99. The van der Waals surface area contributed by atoms with Crippen LogP contribution in [0.15, 0.2) is 48.5 Å². The maximum atomic E-state index is 13.6. The standard InChI is InChI=1S/C19H23FN2O3S/c1-15-7-3-4-9-17(15)13-22(26(2,24)25)14-19(23)21-12-11-16-8-5-6-10-18(16)20/h3-10H,11-14H2,1-2H3,(H,21,23). The van der Waals surface area contributed by atoms with Gasteiger partial charge in [-0.1, -0.05) is 42.5 Å². The Morgan fingerprint density at radius 1 is 1.08 bits per heavy atom. The smallest absolute Gasteiger partial charge is 0.235 e. The van der Waals surface area contributed by atoms with E-state index in [1.165, 1.54) is 6.07 Å². The minimum Gasteiger partial charge on any atom is -0.355 e. The van der Waals surface area contributed by atoms with Crippen molar-refractivity contribution in [3.8, 4) is 0 Å². The van der Waals surface area contributed by atoms with E-state index < -0.39 is 15.9 Å². The molecule has 0 bridgehead atoms. The van der Waals surface area contributed by atoms with Crippen LogP contribution in [0.25, 0.3) is 0 Å². The quantitative estimate of drug-likeness (QED) is 0.766. The van der Waals surface area contributed by atoms with Crippen molar-refractivity contribution in [1.82, 2.24) is 9.62 Å². The summed E-state index contributed by atoms with van der Waals surface area (Å²) in [5, 5.41) is 2.65. The lowest BCUT2D eigenvalue weighted by atomic mass is 10.1. The van der Waals surface area contributed by atoms with E-state index in [1.54, 1.807) is 18.2 Å². The van der Waals surface area contributed by atoms with Crippen LogP contribution in [0, 0.1) is 12.7 Å². The minimum atomic E-state index is -3.55. The van der Waals surface area contributed by atoms with E-state index in [1.807, 2.05) is 31.2 Å². The Labute approximate surface area is 153 Å². The molecule has 0 saturated carbocycles. The lowest BCUT2D eigenvalue weighted by molar-refractivity contribution is -0.121. The van der Waals surface area contributed by atoms with Crippen LogP contribution in [0.2, 0.25) is 0 Å². The van der Waals surface area contributed by atoms with Gasteiger partial charge in [0.1, 0.15) is 5.82 Å². The van der Waals surface area contributed by atoms with Crippen molar-refractivity contribution in [3.05, 3.63) is 71.0 Å². The summed E-state index contributed by atoms with van der Waals surface area (Å²) in [5.41, 5.74) is 2.31. The van der Waals surface area contributed by atoms with Gasteiger partial charge in [0.2, 0.25) is 15.9 Å². The normalized spacial score (nSPS) is 11.5. The first-order valence-corrected chi connectivity index (χ1v) is 10.1. The maximum Gasteiger partial charge on any atom is 0.235 e. The molecule has 0 radical (unpaired) electrons. The summed E-state index contributed by atoms with van der Waals surface area (Å²) in [7, 11) is -3.55. The molecule has 0 fully saturated rings. The van der Waals surface area contributed by atoms with Crippen LogP contribution < -0.4 is 5.32 Å². The predicted molar refractivity (Wildman–Crippen MR) is 99.5 cm³/mol. The molecule has 0 aromatic heterocycles. The highest BCUT2D eigenvalue weighted by molar-refractivity contribution is 7.88. The Kier molecular flexibility index (Phi) is 6.88. The largest absolute Gasteiger partial charge is 0.355 e. The molecule has 2 rings (SSSR count). The molecule has 1 N–H and O–H groups in total. The van der Waals surface area contributed by atoms with Crippen molar-refractivity contribution >= 4 is 15.9 Å². The molecule has 0 atom stereocenters. The van der Waals surface area contributed by atoms with Gasteiger partial charge in [-0.05, 0) is 36.1 Å².